The van der Waals surface area contributed by atoms with Crippen molar-refractivity contribution in [1.82, 2.24) is 14.7 Å². The Morgan fingerprint density at radius 3 is 2.61 bits per heavy atom. The highest BCUT2D eigenvalue weighted by Gasteiger charge is 2.38. The minimum absolute atomic E-state index is 0.0133. The first-order valence-corrected chi connectivity index (χ1v) is 14.4. The number of nitrogens with zero attached hydrogens (tertiary/aromatic N) is 5. The van der Waals surface area contributed by atoms with E-state index < -0.39 is 0 Å². The molecule has 3 heterocycles. The summed E-state index contributed by atoms with van der Waals surface area (Å²) in [4.78, 5) is 15.1. The molecule has 1 aliphatic heterocycles. The van der Waals surface area contributed by atoms with Crippen LogP contribution < -0.4 is 0 Å². The van der Waals surface area contributed by atoms with Crippen molar-refractivity contribution in [3.8, 4) is 16.9 Å². The number of carbonyl (C=O) groups is 1. The Hall–Kier alpha value is -4.40. The zero-order valence-electron chi connectivity index (χ0n) is 22.2. The molecule has 204 valence electrons. The Morgan fingerprint density at radius 1 is 1.02 bits per heavy atom. The van der Waals surface area contributed by atoms with E-state index in [9.17, 15) is 4.79 Å². The Kier molecular flexibility index (Phi) is 7.84. The summed E-state index contributed by atoms with van der Waals surface area (Å²) in [5.74, 6) is 0.668. The van der Waals surface area contributed by atoms with Crippen LogP contribution in [0.3, 0.4) is 0 Å². The molecule has 1 atom stereocenters. The van der Waals surface area contributed by atoms with Gasteiger partial charge in [0.05, 0.1) is 30.0 Å². The van der Waals surface area contributed by atoms with Gasteiger partial charge in [0, 0.05) is 22.3 Å². The number of furan rings is 1. The van der Waals surface area contributed by atoms with Crippen molar-refractivity contribution in [2.45, 2.75) is 25.1 Å². The van der Waals surface area contributed by atoms with Crippen molar-refractivity contribution in [2.75, 3.05) is 0 Å². The molecule has 1 amide bonds. The van der Waals surface area contributed by atoms with Crippen LogP contribution in [0.5, 0.6) is 0 Å². The Bertz CT molecular complexity index is 1710. The first-order valence-electron chi connectivity index (χ1n) is 13.1. The van der Waals surface area contributed by atoms with Crippen LogP contribution in [-0.2, 0) is 17.8 Å². The van der Waals surface area contributed by atoms with Gasteiger partial charge < -0.3 is 4.42 Å². The molecule has 7 nitrogen and oxygen atoms in total. The molecule has 2 aromatic heterocycles. The van der Waals surface area contributed by atoms with Gasteiger partial charge in [-0.2, -0.15) is 10.2 Å². The number of amidine groups is 1. The number of hydrogen-bond acceptors (Lipinski definition) is 6. The van der Waals surface area contributed by atoms with Crippen LogP contribution in [-0.4, -0.2) is 37.2 Å². The number of halogens is 1. The van der Waals surface area contributed by atoms with Gasteiger partial charge in [-0.25, -0.2) is 4.68 Å². The number of aryl methyl sites for hydroxylation is 1. The lowest BCUT2D eigenvalue weighted by Crippen LogP contribution is -2.32. The van der Waals surface area contributed by atoms with Gasteiger partial charge in [0.15, 0.2) is 5.17 Å². The van der Waals surface area contributed by atoms with Gasteiger partial charge in [-0.3, -0.25) is 9.69 Å². The Labute approximate surface area is 247 Å². The summed E-state index contributed by atoms with van der Waals surface area (Å²) in [5, 5.41) is 14.7. The number of hydrogen-bond donors (Lipinski definition) is 0. The third-order valence-electron chi connectivity index (χ3n) is 6.64. The number of rotatable bonds is 8. The number of amides is 1. The largest absolute Gasteiger partial charge is 0.467 e. The summed E-state index contributed by atoms with van der Waals surface area (Å²) in [7, 11) is 0. The molecule has 0 aliphatic carbocycles. The second-order valence-electron chi connectivity index (χ2n) is 9.65. The molecule has 1 fully saturated rings. The first kappa shape index (κ1) is 26.8. The summed E-state index contributed by atoms with van der Waals surface area (Å²) >= 11 is 7.56. The molecule has 0 spiro atoms. The summed E-state index contributed by atoms with van der Waals surface area (Å²) < 4.78 is 7.35. The zero-order valence-corrected chi connectivity index (χ0v) is 23.8. The quantitative estimate of drug-likeness (QED) is 0.144. The monoisotopic (exact) mass is 579 g/mol. The van der Waals surface area contributed by atoms with E-state index in [1.165, 1.54) is 11.8 Å². The molecule has 1 aliphatic rings. The van der Waals surface area contributed by atoms with E-state index in [-0.39, 0.29) is 11.2 Å². The molecule has 0 N–H and O–H groups in total. The van der Waals surface area contributed by atoms with Crippen LogP contribution >= 0.6 is 23.4 Å². The topological polar surface area (TPSA) is 76.0 Å². The molecular weight excluding hydrogens is 554 g/mol. The molecule has 9 heteroatoms. The lowest BCUT2D eigenvalue weighted by molar-refractivity contribution is -0.126. The summed E-state index contributed by atoms with van der Waals surface area (Å²) in [6.07, 6.45) is 5.79. The lowest BCUT2D eigenvalue weighted by atomic mass is 10.1. The minimum Gasteiger partial charge on any atom is -0.467 e. The van der Waals surface area contributed by atoms with E-state index in [1.807, 2.05) is 89.7 Å². The van der Waals surface area contributed by atoms with Crippen molar-refractivity contribution in [3.63, 3.8) is 0 Å². The highest BCUT2D eigenvalue weighted by atomic mass is 35.5. The van der Waals surface area contributed by atoms with Gasteiger partial charge >= 0.3 is 0 Å². The average Bonchev–Trinajstić information content (AvgIpc) is 3.72. The van der Waals surface area contributed by atoms with Gasteiger partial charge in [0.2, 0.25) is 5.91 Å². The summed E-state index contributed by atoms with van der Waals surface area (Å²) in [6, 6.07) is 29.3. The molecular formula is C32H26ClN5O2S. The van der Waals surface area contributed by atoms with Crippen LogP contribution in [0.15, 0.2) is 118 Å². The third-order valence-corrected chi connectivity index (χ3v) is 8.06. The van der Waals surface area contributed by atoms with Gasteiger partial charge in [0.1, 0.15) is 11.5 Å². The molecule has 6 rings (SSSR count). The first-order chi connectivity index (χ1) is 20.0. The standard InChI is InChI=1S/C32H26ClN5O2S/c1-22-7-5-8-23(17-22)18-29-31(39)37(21-28-11-6-16-40-28)32(41-29)35-34-19-25-20-38(27-9-3-2-4-10-27)36-30(25)24-12-14-26(33)15-13-24/h2-17,19-20,29H,18,21H2,1H3. The van der Waals surface area contributed by atoms with Crippen LogP contribution in [0, 0.1) is 6.92 Å². The highest BCUT2D eigenvalue weighted by molar-refractivity contribution is 8.15. The van der Waals surface area contributed by atoms with Crippen LogP contribution in [0.4, 0.5) is 0 Å². The molecule has 5 aromatic rings. The second kappa shape index (κ2) is 12.0. The maximum atomic E-state index is 13.5. The summed E-state index contributed by atoms with van der Waals surface area (Å²) in [5.41, 5.74) is 5.63. The summed E-state index contributed by atoms with van der Waals surface area (Å²) in [6.45, 7) is 2.34. The fraction of sp³-hybridized carbons (Fsp3) is 0.125. The average molecular weight is 580 g/mol. The molecule has 1 unspecified atom stereocenters. The van der Waals surface area contributed by atoms with E-state index in [2.05, 4.69) is 29.3 Å². The number of benzene rings is 3. The van der Waals surface area contributed by atoms with Gasteiger partial charge in [-0.05, 0) is 55.3 Å². The normalized spacial score (nSPS) is 16.3. The van der Waals surface area contributed by atoms with Crippen LogP contribution in [0.1, 0.15) is 22.5 Å². The van der Waals surface area contributed by atoms with E-state index in [0.717, 1.165) is 33.6 Å². The van der Waals surface area contributed by atoms with Crippen molar-refractivity contribution < 1.29 is 9.21 Å². The lowest BCUT2D eigenvalue weighted by Gasteiger charge is -2.14. The van der Waals surface area contributed by atoms with Crippen molar-refractivity contribution in [1.29, 1.82) is 0 Å². The smallest absolute Gasteiger partial charge is 0.242 e. The molecule has 41 heavy (non-hydrogen) atoms. The molecule has 3 aromatic carbocycles. The Morgan fingerprint density at radius 2 is 1.85 bits per heavy atom. The van der Waals surface area contributed by atoms with Gasteiger partial charge in [0.25, 0.3) is 0 Å². The van der Waals surface area contributed by atoms with Crippen molar-refractivity contribution in [2.24, 2.45) is 10.2 Å². The highest BCUT2D eigenvalue weighted by Crippen LogP contribution is 2.32. The van der Waals surface area contributed by atoms with Crippen molar-refractivity contribution in [3.05, 3.63) is 131 Å². The van der Waals surface area contributed by atoms with Crippen molar-refractivity contribution >= 4 is 40.7 Å². The number of thioether (sulfide) groups is 1. The van der Waals surface area contributed by atoms with E-state index in [4.69, 9.17) is 21.1 Å². The third kappa shape index (κ3) is 6.19. The maximum absolute atomic E-state index is 13.5. The minimum atomic E-state index is -0.300. The second-order valence-corrected chi connectivity index (χ2v) is 11.3. The Balaban J connectivity index is 1.31. The zero-order chi connectivity index (χ0) is 28.2. The van der Waals surface area contributed by atoms with E-state index >= 15 is 0 Å². The number of para-hydroxylation sites is 1. The predicted molar refractivity (Wildman–Crippen MR) is 165 cm³/mol. The van der Waals surface area contributed by atoms with Crippen LogP contribution in [0.2, 0.25) is 5.02 Å². The predicted octanol–water partition coefficient (Wildman–Crippen LogP) is 7.17. The fourth-order valence-electron chi connectivity index (χ4n) is 4.64. The van der Waals surface area contributed by atoms with Gasteiger partial charge in [-0.15, -0.1) is 5.10 Å². The van der Waals surface area contributed by atoms with E-state index in [0.29, 0.717) is 28.9 Å². The molecule has 0 radical (unpaired) electrons. The molecule has 0 bridgehead atoms. The van der Waals surface area contributed by atoms with Gasteiger partial charge in [-0.1, -0.05) is 83.5 Å². The van der Waals surface area contributed by atoms with E-state index in [1.54, 1.807) is 17.4 Å². The number of aromatic nitrogens is 2. The SMILES string of the molecule is Cc1cccc(CC2SC(=NN=Cc3cn(-c4ccccc4)nc3-c3ccc(Cl)cc3)N(Cc3ccco3)C2=O)c1. The number of carbonyl (C=O) groups excluding carboxylic acids is 1. The molecule has 1 saturated heterocycles. The molecule has 0 saturated carbocycles. The maximum Gasteiger partial charge on any atom is 0.242 e. The van der Waals surface area contributed by atoms with Crippen LogP contribution in [0.25, 0.3) is 16.9 Å². The fourth-order valence-corrected chi connectivity index (χ4v) is 5.90.